The Labute approximate surface area is 294 Å². The molecule has 0 saturated carbocycles. The van der Waals surface area contributed by atoms with Crippen LogP contribution < -0.4 is 16.0 Å². The topological polar surface area (TPSA) is 107 Å². The number of aromatic nitrogens is 3. The average Bonchev–Trinajstić information content (AvgIpc) is 3.71. The van der Waals surface area contributed by atoms with Crippen LogP contribution in [0.25, 0.3) is 21.0 Å². The van der Waals surface area contributed by atoms with Crippen LogP contribution in [0.1, 0.15) is 85.5 Å². The quantitative estimate of drug-likeness (QED) is 0.121. The van der Waals surface area contributed by atoms with Crippen LogP contribution in [0, 0.1) is 6.92 Å². The van der Waals surface area contributed by atoms with Gasteiger partial charge in [0.25, 0.3) is 5.56 Å². The van der Waals surface area contributed by atoms with Gasteiger partial charge >= 0.3 is 5.69 Å². The Morgan fingerprint density at radius 2 is 1.69 bits per heavy atom. The zero-order valence-corrected chi connectivity index (χ0v) is 32.5. The molecule has 4 aromatic rings. The fourth-order valence-corrected chi connectivity index (χ4v) is 14.6. The Bertz CT molecular complexity index is 1810. The molecule has 1 aliphatic rings. The van der Waals surface area contributed by atoms with Gasteiger partial charge in [0.15, 0.2) is 8.32 Å². The summed E-state index contributed by atoms with van der Waals surface area (Å²) in [6.07, 6.45) is 4.00. The van der Waals surface area contributed by atoms with Crippen molar-refractivity contribution in [1.29, 1.82) is 0 Å². The van der Waals surface area contributed by atoms with Crippen molar-refractivity contribution < 1.29 is 23.1 Å². The summed E-state index contributed by atoms with van der Waals surface area (Å²) in [6, 6.07) is 7.74. The lowest BCUT2D eigenvalue weighted by Crippen LogP contribution is -2.55. The van der Waals surface area contributed by atoms with E-state index in [9.17, 15) is 9.59 Å². The average molecular weight is 712 g/mol. The van der Waals surface area contributed by atoms with E-state index in [0.717, 1.165) is 24.0 Å². The number of oxazole rings is 1. The number of methoxy groups -OCH3 is 1. The van der Waals surface area contributed by atoms with Crippen molar-refractivity contribution in [2.45, 2.75) is 116 Å². The predicted molar refractivity (Wildman–Crippen MR) is 198 cm³/mol. The summed E-state index contributed by atoms with van der Waals surface area (Å²) in [6.45, 7) is 20.8. The second-order valence-corrected chi connectivity index (χ2v) is 21.2. The first-order chi connectivity index (χ1) is 23.2. The zero-order chi connectivity index (χ0) is 35.7. The highest BCUT2D eigenvalue weighted by atomic mass is 32.1. The van der Waals surface area contributed by atoms with Crippen LogP contribution >= 0.6 is 11.3 Å². The van der Waals surface area contributed by atoms with Crippen molar-refractivity contribution in [2.24, 2.45) is 0 Å². The van der Waals surface area contributed by atoms with Gasteiger partial charge in [0, 0.05) is 18.8 Å². The van der Waals surface area contributed by atoms with Crippen LogP contribution in [-0.4, -0.2) is 55.5 Å². The first kappa shape index (κ1) is 37.2. The van der Waals surface area contributed by atoms with Crippen molar-refractivity contribution >= 4 is 29.9 Å². The van der Waals surface area contributed by atoms with Crippen LogP contribution in [0.15, 0.2) is 50.7 Å². The second-order valence-electron chi connectivity index (χ2n) is 14.7. The molecule has 0 amide bonds. The molecule has 12 heteroatoms. The predicted octanol–water partition coefficient (Wildman–Crippen LogP) is 8.06. The summed E-state index contributed by atoms with van der Waals surface area (Å²) in [5.41, 5.74) is 0.900. The van der Waals surface area contributed by atoms with E-state index in [-0.39, 0.29) is 24.8 Å². The summed E-state index contributed by atoms with van der Waals surface area (Å²) in [4.78, 5) is 35.2. The van der Waals surface area contributed by atoms with Crippen LogP contribution in [0.5, 0.6) is 5.75 Å². The molecule has 268 valence electrons. The van der Waals surface area contributed by atoms with Gasteiger partial charge in [0.2, 0.25) is 5.89 Å². The summed E-state index contributed by atoms with van der Waals surface area (Å²) in [5, 5.41) is 0.468. The van der Waals surface area contributed by atoms with Gasteiger partial charge in [-0.2, -0.15) is 0 Å². The number of aryl methyl sites for hydroxylation is 1. The minimum absolute atomic E-state index is 0.0558. The molecule has 1 saturated heterocycles. The largest absolute Gasteiger partial charge is 0.496 e. The normalized spacial score (nSPS) is 15.6. The number of thiophene rings is 1. The lowest BCUT2D eigenvalue weighted by molar-refractivity contribution is -0.0754. The molecule has 49 heavy (non-hydrogen) atoms. The molecule has 1 aliphatic heterocycles. The van der Waals surface area contributed by atoms with E-state index < -0.39 is 25.7 Å². The van der Waals surface area contributed by atoms with E-state index in [4.69, 9.17) is 23.1 Å². The minimum atomic E-state index is -2.31. The molecule has 0 bridgehead atoms. The lowest BCUT2D eigenvalue weighted by atomic mass is 10.1. The number of rotatable bonds is 14. The number of hydrogen-bond donors (Lipinski definition) is 0. The number of para-hydroxylation sites is 1. The molecule has 0 spiro atoms. The van der Waals surface area contributed by atoms with E-state index in [0.29, 0.717) is 56.6 Å². The van der Waals surface area contributed by atoms with Crippen molar-refractivity contribution in [3.8, 4) is 16.5 Å². The van der Waals surface area contributed by atoms with E-state index in [1.54, 1.807) is 17.9 Å². The van der Waals surface area contributed by atoms with E-state index >= 15 is 0 Å². The summed E-state index contributed by atoms with van der Waals surface area (Å²) < 4.78 is 34.0. The lowest BCUT2D eigenvalue weighted by Gasteiger charge is -2.44. The fourth-order valence-electron chi connectivity index (χ4n) is 7.80. The van der Waals surface area contributed by atoms with Gasteiger partial charge in [-0.1, -0.05) is 59.7 Å². The molecule has 10 nitrogen and oxygen atoms in total. The summed E-state index contributed by atoms with van der Waals surface area (Å²) in [7, 11) is -0.672. The molecular weight excluding hydrogens is 659 g/mol. The second kappa shape index (κ2) is 15.1. The van der Waals surface area contributed by atoms with Crippen LogP contribution in [0.2, 0.25) is 16.6 Å². The molecule has 0 radical (unpaired) electrons. The molecule has 1 aromatic carbocycles. The number of hydrogen-bond acceptors (Lipinski definition) is 9. The molecule has 1 fully saturated rings. The number of fused-ring (bicyclic) bond motifs is 1. The molecule has 1 atom stereocenters. The van der Waals surface area contributed by atoms with Gasteiger partial charge in [-0.3, -0.25) is 13.9 Å². The first-order valence-electron chi connectivity index (χ1n) is 17.4. The van der Waals surface area contributed by atoms with E-state index in [1.807, 2.05) is 45.0 Å². The Morgan fingerprint density at radius 1 is 1.04 bits per heavy atom. The molecular formula is C37H53N3O7SSi. The molecule has 3 aromatic heterocycles. The summed E-state index contributed by atoms with van der Waals surface area (Å²) >= 11 is 1.34. The SMILES string of the molecule is COc1ccccc1[C@H](Cn1c(=O)n(C(C)(C)CO[Si](C(C)C)(C(C)C)C(C)C)c(=O)c2c(C)c(-c3ncco3)sc21)OC1CCOCC1. The maximum Gasteiger partial charge on any atom is 0.332 e. The van der Waals surface area contributed by atoms with Crippen molar-refractivity contribution in [3.63, 3.8) is 0 Å². The minimum Gasteiger partial charge on any atom is -0.496 e. The highest BCUT2D eigenvalue weighted by Gasteiger charge is 2.46. The van der Waals surface area contributed by atoms with Gasteiger partial charge in [0.05, 0.1) is 48.4 Å². The third-order valence-electron chi connectivity index (χ3n) is 10.2. The van der Waals surface area contributed by atoms with Gasteiger partial charge in [-0.15, -0.1) is 11.3 Å². The Kier molecular flexibility index (Phi) is 11.4. The van der Waals surface area contributed by atoms with Crippen molar-refractivity contribution in [3.05, 3.63) is 68.7 Å². The smallest absolute Gasteiger partial charge is 0.332 e. The van der Waals surface area contributed by atoms with Crippen LogP contribution in [0.3, 0.4) is 0 Å². The third-order valence-corrected chi connectivity index (χ3v) is 17.5. The van der Waals surface area contributed by atoms with Crippen LogP contribution in [0.4, 0.5) is 0 Å². The van der Waals surface area contributed by atoms with E-state index in [2.05, 4.69) is 46.5 Å². The maximum absolute atomic E-state index is 14.9. The molecule has 0 N–H and O–H groups in total. The molecule has 0 aliphatic carbocycles. The van der Waals surface area contributed by atoms with Crippen LogP contribution in [-0.2, 0) is 26.0 Å². The molecule has 0 unspecified atom stereocenters. The van der Waals surface area contributed by atoms with Crippen molar-refractivity contribution in [2.75, 3.05) is 26.9 Å². The fraction of sp³-hybridized carbons (Fsp3) is 0.595. The highest BCUT2D eigenvalue weighted by molar-refractivity contribution is 7.22. The Morgan fingerprint density at radius 3 is 2.29 bits per heavy atom. The monoisotopic (exact) mass is 711 g/mol. The van der Waals surface area contributed by atoms with Crippen molar-refractivity contribution in [1.82, 2.24) is 14.1 Å². The van der Waals surface area contributed by atoms with Gasteiger partial charge in [-0.05, 0) is 61.9 Å². The Hall–Kier alpha value is -3.03. The third kappa shape index (κ3) is 7.12. The standard InChI is InChI=1S/C37H53N3O7SSi/c1-23(2)49(24(3)4,25(5)6)46-22-37(8,9)40-34(41)31-26(7)32(33-38-17-20-45-33)48-35(31)39(36(40)42)21-30(47-27-15-18-44-19-16-27)28-13-11-12-14-29(28)43-10/h11-14,17,20,23-25,27,30H,15-16,18-19,21-22H2,1-10H3/t30-/m0/s1. The Balaban J connectivity index is 1.71. The zero-order valence-electron chi connectivity index (χ0n) is 30.7. The molecule has 5 rings (SSSR count). The number of nitrogens with zero attached hydrogens (tertiary/aromatic N) is 3. The molecule has 4 heterocycles. The number of ether oxygens (including phenoxy) is 3. The van der Waals surface area contributed by atoms with E-state index in [1.165, 1.54) is 22.2 Å². The first-order valence-corrected chi connectivity index (χ1v) is 20.4. The maximum atomic E-state index is 14.9. The number of benzene rings is 1. The summed E-state index contributed by atoms with van der Waals surface area (Å²) in [5.74, 6) is 1.08. The highest BCUT2D eigenvalue weighted by Crippen LogP contribution is 2.43. The van der Waals surface area contributed by atoms with Gasteiger partial charge in [-0.25, -0.2) is 9.78 Å². The van der Waals surface area contributed by atoms with Gasteiger partial charge < -0.3 is 23.1 Å². The van der Waals surface area contributed by atoms with Gasteiger partial charge in [0.1, 0.15) is 22.9 Å².